The molecular formula is C16H23N3S. The lowest BCUT2D eigenvalue weighted by molar-refractivity contribution is 0.552. The van der Waals surface area contributed by atoms with Crippen LogP contribution in [0.1, 0.15) is 45.8 Å². The second kappa shape index (κ2) is 6.46. The molecule has 0 aliphatic rings. The fourth-order valence-electron chi connectivity index (χ4n) is 2.80. The van der Waals surface area contributed by atoms with E-state index >= 15 is 0 Å². The smallest absolute Gasteiger partial charge is 0.0772 e. The van der Waals surface area contributed by atoms with E-state index in [1.165, 1.54) is 38.7 Å². The molecule has 0 amide bonds. The Kier molecular flexibility index (Phi) is 4.89. The summed E-state index contributed by atoms with van der Waals surface area (Å²) in [7, 11) is 0. The van der Waals surface area contributed by atoms with Crippen LogP contribution in [0.2, 0.25) is 0 Å². The molecule has 0 saturated heterocycles. The predicted molar refractivity (Wildman–Crippen MR) is 85.4 cm³/mol. The van der Waals surface area contributed by atoms with E-state index in [9.17, 15) is 0 Å². The van der Waals surface area contributed by atoms with Gasteiger partial charge < -0.3 is 5.32 Å². The molecule has 1 heterocycles. The van der Waals surface area contributed by atoms with Gasteiger partial charge in [-0.15, -0.1) is 5.10 Å². The van der Waals surface area contributed by atoms with Crippen molar-refractivity contribution in [3.8, 4) is 0 Å². The number of aromatic nitrogens is 2. The Morgan fingerprint density at radius 2 is 1.80 bits per heavy atom. The highest BCUT2D eigenvalue weighted by atomic mass is 32.1. The summed E-state index contributed by atoms with van der Waals surface area (Å²) in [5.41, 5.74) is 6.57. The minimum atomic E-state index is 0.306. The van der Waals surface area contributed by atoms with Gasteiger partial charge in [-0.3, -0.25) is 0 Å². The van der Waals surface area contributed by atoms with Crippen LogP contribution in [0.15, 0.2) is 12.1 Å². The number of hydrogen-bond donors (Lipinski definition) is 1. The van der Waals surface area contributed by atoms with Crippen LogP contribution in [0.5, 0.6) is 0 Å². The van der Waals surface area contributed by atoms with Crippen LogP contribution in [-0.2, 0) is 6.42 Å². The van der Waals surface area contributed by atoms with Gasteiger partial charge in [-0.25, -0.2) is 0 Å². The van der Waals surface area contributed by atoms with E-state index in [4.69, 9.17) is 0 Å². The average Bonchev–Trinajstić information content (AvgIpc) is 2.78. The second-order valence-electron chi connectivity index (χ2n) is 5.41. The fourth-order valence-corrected chi connectivity index (χ4v) is 3.51. The largest absolute Gasteiger partial charge is 0.309 e. The molecule has 0 bridgehead atoms. The third-order valence-electron chi connectivity index (χ3n) is 3.70. The first kappa shape index (κ1) is 15.1. The van der Waals surface area contributed by atoms with Gasteiger partial charge in [0.25, 0.3) is 0 Å². The molecule has 4 heteroatoms. The van der Waals surface area contributed by atoms with Crippen molar-refractivity contribution in [3.63, 3.8) is 0 Å². The Balaban J connectivity index is 2.32. The maximum Gasteiger partial charge on any atom is 0.0772 e. The van der Waals surface area contributed by atoms with Gasteiger partial charge in [0.1, 0.15) is 0 Å². The number of rotatable bonds is 5. The summed E-state index contributed by atoms with van der Waals surface area (Å²) in [6, 6.07) is 4.84. The maximum atomic E-state index is 4.15. The van der Waals surface area contributed by atoms with Gasteiger partial charge in [-0.05, 0) is 68.9 Å². The average molecular weight is 289 g/mol. The van der Waals surface area contributed by atoms with E-state index in [1.54, 1.807) is 0 Å². The van der Waals surface area contributed by atoms with E-state index in [-0.39, 0.29) is 0 Å². The van der Waals surface area contributed by atoms with Crippen LogP contribution in [0.3, 0.4) is 0 Å². The summed E-state index contributed by atoms with van der Waals surface area (Å²) in [6.45, 7) is 11.7. The standard InChI is InChI=1S/C16H23N3S/c1-6-17-15(16-13(5)18-19-20-16)9-14-11(3)7-10(2)8-12(14)4/h7-8,15,17H,6,9H2,1-5H3. The lowest BCUT2D eigenvalue weighted by atomic mass is 9.93. The summed E-state index contributed by atoms with van der Waals surface area (Å²) < 4.78 is 4.08. The highest BCUT2D eigenvalue weighted by Crippen LogP contribution is 2.27. The van der Waals surface area contributed by atoms with Crippen LogP contribution < -0.4 is 5.32 Å². The molecule has 2 rings (SSSR count). The van der Waals surface area contributed by atoms with Crippen LogP contribution in [0.4, 0.5) is 0 Å². The number of likely N-dealkylation sites (N-methyl/N-ethyl adjacent to an activating group) is 1. The van der Waals surface area contributed by atoms with E-state index in [1.807, 2.05) is 6.92 Å². The van der Waals surface area contributed by atoms with Crippen molar-refractivity contribution in [3.05, 3.63) is 45.0 Å². The first-order chi connectivity index (χ1) is 9.52. The molecule has 108 valence electrons. The summed E-state index contributed by atoms with van der Waals surface area (Å²) in [6.07, 6.45) is 0.997. The molecule has 1 N–H and O–H groups in total. The van der Waals surface area contributed by atoms with E-state index in [2.05, 4.69) is 54.7 Å². The van der Waals surface area contributed by atoms with Gasteiger partial charge in [-0.1, -0.05) is 29.1 Å². The fraction of sp³-hybridized carbons (Fsp3) is 0.500. The zero-order valence-corrected chi connectivity index (χ0v) is 13.8. The molecule has 2 aromatic rings. The van der Waals surface area contributed by atoms with Gasteiger partial charge in [0, 0.05) is 6.04 Å². The number of benzene rings is 1. The van der Waals surface area contributed by atoms with Crippen molar-refractivity contribution in [1.82, 2.24) is 14.9 Å². The van der Waals surface area contributed by atoms with Gasteiger partial charge in [0.05, 0.1) is 10.6 Å². The Morgan fingerprint density at radius 1 is 1.15 bits per heavy atom. The van der Waals surface area contributed by atoms with Crippen molar-refractivity contribution in [1.29, 1.82) is 0 Å². The molecule has 1 unspecified atom stereocenters. The highest BCUT2D eigenvalue weighted by molar-refractivity contribution is 7.05. The van der Waals surface area contributed by atoms with Gasteiger partial charge in [-0.2, -0.15) is 0 Å². The lowest BCUT2D eigenvalue weighted by Crippen LogP contribution is -2.23. The van der Waals surface area contributed by atoms with Gasteiger partial charge >= 0.3 is 0 Å². The van der Waals surface area contributed by atoms with E-state index in [0.717, 1.165) is 18.7 Å². The van der Waals surface area contributed by atoms with Crippen molar-refractivity contribution >= 4 is 11.5 Å². The molecule has 1 aromatic heterocycles. The Bertz CT molecular complexity index is 566. The Hall–Kier alpha value is -1.26. The van der Waals surface area contributed by atoms with Crippen molar-refractivity contribution < 1.29 is 0 Å². The number of nitrogens with zero attached hydrogens (tertiary/aromatic N) is 2. The maximum absolute atomic E-state index is 4.15. The lowest BCUT2D eigenvalue weighted by Gasteiger charge is -2.20. The van der Waals surface area contributed by atoms with Crippen LogP contribution in [0, 0.1) is 27.7 Å². The van der Waals surface area contributed by atoms with Crippen molar-refractivity contribution in [2.75, 3.05) is 6.54 Å². The third-order valence-corrected chi connectivity index (χ3v) is 4.64. The van der Waals surface area contributed by atoms with Crippen LogP contribution in [0.25, 0.3) is 0 Å². The zero-order chi connectivity index (χ0) is 14.7. The highest BCUT2D eigenvalue weighted by Gasteiger charge is 2.18. The second-order valence-corrected chi connectivity index (χ2v) is 6.20. The molecule has 0 spiro atoms. The number of nitrogens with one attached hydrogen (secondary N) is 1. The zero-order valence-electron chi connectivity index (χ0n) is 12.9. The van der Waals surface area contributed by atoms with Crippen molar-refractivity contribution in [2.45, 2.75) is 47.1 Å². The summed E-state index contributed by atoms with van der Waals surface area (Å²) in [5, 5.41) is 7.72. The Labute approximate surface area is 125 Å². The third kappa shape index (κ3) is 3.25. The summed E-state index contributed by atoms with van der Waals surface area (Å²) >= 11 is 1.51. The molecule has 0 fully saturated rings. The molecule has 0 aliphatic heterocycles. The van der Waals surface area contributed by atoms with E-state index < -0.39 is 0 Å². The molecule has 3 nitrogen and oxygen atoms in total. The molecule has 20 heavy (non-hydrogen) atoms. The monoisotopic (exact) mass is 289 g/mol. The van der Waals surface area contributed by atoms with E-state index in [0.29, 0.717) is 6.04 Å². The van der Waals surface area contributed by atoms with Crippen LogP contribution >= 0.6 is 11.5 Å². The van der Waals surface area contributed by atoms with Crippen LogP contribution in [-0.4, -0.2) is 16.1 Å². The number of hydrogen-bond acceptors (Lipinski definition) is 4. The summed E-state index contributed by atoms with van der Waals surface area (Å²) in [4.78, 5) is 1.26. The first-order valence-electron chi connectivity index (χ1n) is 7.11. The quantitative estimate of drug-likeness (QED) is 0.912. The topological polar surface area (TPSA) is 37.8 Å². The molecule has 0 aliphatic carbocycles. The molecule has 1 aromatic carbocycles. The molecule has 1 atom stereocenters. The molecule has 0 radical (unpaired) electrons. The minimum absolute atomic E-state index is 0.306. The Morgan fingerprint density at radius 3 is 2.30 bits per heavy atom. The molecular weight excluding hydrogens is 266 g/mol. The van der Waals surface area contributed by atoms with Crippen molar-refractivity contribution in [2.24, 2.45) is 0 Å². The number of aryl methyl sites for hydroxylation is 4. The first-order valence-corrected chi connectivity index (χ1v) is 7.89. The predicted octanol–water partition coefficient (Wildman–Crippen LogP) is 3.67. The normalized spacial score (nSPS) is 12.7. The summed E-state index contributed by atoms with van der Waals surface area (Å²) in [5.74, 6) is 0. The molecule has 0 saturated carbocycles. The van der Waals surface area contributed by atoms with Gasteiger partial charge in [0.15, 0.2) is 0 Å². The van der Waals surface area contributed by atoms with Gasteiger partial charge in [0.2, 0.25) is 0 Å². The minimum Gasteiger partial charge on any atom is -0.309 e. The SMILES string of the molecule is CCNC(Cc1c(C)cc(C)cc1C)c1snnc1C.